The summed E-state index contributed by atoms with van der Waals surface area (Å²) >= 11 is 12.6. The van der Waals surface area contributed by atoms with Gasteiger partial charge >= 0.3 is 0 Å². The summed E-state index contributed by atoms with van der Waals surface area (Å²) in [6, 6.07) is 11.3. The van der Waals surface area contributed by atoms with Gasteiger partial charge in [0.05, 0.1) is 11.6 Å². The molecule has 0 aromatic heterocycles. The Morgan fingerprint density at radius 1 is 1.03 bits per heavy atom. The van der Waals surface area contributed by atoms with Crippen molar-refractivity contribution in [3.05, 3.63) is 57.6 Å². The largest absolute Gasteiger partial charge is 0.381 e. The molecule has 2 aromatic carbocycles. The summed E-state index contributed by atoms with van der Waals surface area (Å²) in [5.41, 5.74) is 2.55. The summed E-state index contributed by atoms with van der Waals surface area (Å²) in [5.74, 6) is -1.18. The average Bonchev–Trinajstić information content (AvgIpc) is 2.93. The predicted molar refractivity (Wildman–Crippen MR) is 115 cm³/mol. The highest BCUT2D eigenvalue weighted by Crippen LogP contribution is 2.43. The summed E-state index contributed by atoms with van der Waals surface area (Å²) < 4.78 is 5.41. The molecule has 4 nitrogen and oxygen atoms in total. The Kier molecular flexibility index (Phi) is 5.45. The SMILES string of the molecule is COC1CCC2(CC1)NC(=O)C(c1c(C)cc(-c3ccc(Cl)cc3)cc1Cl)C2=O. The lowest BCUT2D eigenvalue weighted by molar-refractivity contribution is -0.126. The number of nitrogens with one attached hydrogen (secondary N) is 1. The van der Waals surface area contributed by atoms with E-state index in [1.807, 2.05) is 43.3 Å². The molecule has 1 unspecified atom stereocenters. The van der Waals surface area contributed by atoms with Crippen molar-refractivity contribution < 1.29 is 14.3 Å². The van der Waals surface area contributed by atoms with Gasteiger partial charge < -0.3 is 10.1 Å². The highest BCUT2D eigenvalue weighted by Gasteiger charge is 2.54. The number of aryl methyl sites for hydroxylation is 1. The van der Waals surface area contributed by atoms with Crippen LogP contribution in [0.2, 0.25) is 10.0 Å². The van der Waals surface area contributed by atoms with Gasteiger partial charge in [0.25, 0.3) is 0 Å². The van der Waals surface area contributed by atoms with Crippen LogP contribution in [0.5, 0.6) is 0 Å². The van der Waals surface area contributed by atoms with Crippen LogP contribution < -0.4 is 5.32 Å². The van der Waals surface area contributed by atoms with E-state index in [2.05, 4.69) is 5.32 Å². The molecule has 1 atom stereocenters. The summed E-state index contributed by atoms with van der Waals surface area (Å²) in [5, 5.41) is 4.10. The van der Waals surface area contributed by atoms with Gasteiger partial charge in [0, 0.05) is 17.2 Å². The zero-order chi connectivity index (χ0) is 20.8. The minimum atomic E-state index is -0.860. The van der Waals surface area contributed by atoms with E-state index < -0.39 is 11.5 Å². The van der Waals surface area contributed by atoms with Gasteiger partial charge in [-0.25, -0.2) is 0 Å². The molecular formula is C23H23Cl2NO3. The molecule has 1 saturated heterocycles. The Labute approximate surface area is 180 Å². The van der Waals surface area contributed by atoms with Crippen LogP contribution in [0.25, 0.3) is 11.1 Å². The number of amides is 1. The van der Waals surface area contributed by atoms with Gasteiger partial charge in [-0.3, -0.25) is 9.59 Å². The first kappa shape index (κ1) is 20.4. The van der Waals surface area contributed by atoms with Gasteiger partial charge in [-0.2, -0.15) is 0 Å². The highest BCUT2D eigenvalue weighted by molar-refractivity contribution is 6.33. The summed E-state index contributed by atoms with van der Waals surface area (Å²) in [4.78, 5) is 26.3. The number of benzene rings is 2. The van der Waals surface area contributed by atoms with Crippen LogP contribution in [0, 0.1) is 6.92 Å². The first-order valence-electron chi connectivity index (χ1n) is 9.80. The lowest BCUT2D eigenvalue weighted by Crippen LogP contribution is -2.50. The lowest BCUT2D eigenvalue weighted by Gasteiger charge is -2.35. The number of carbonyl (C=O) groups is 2. The predicted octanol–water partition coefficient (Wildman–Crippen LogP) is 5.08. The molecule has 1 saturated carbocycles. The van der Waals surface area contributed by atoms with Gasteiger partial charge in [0.1, 0.15) is 5.92 Å². The number of hydrogen-bond donors (Lipinski definition) is 1. The van der Waals surface area contributed by atoms with Crippen molar-refractivity contribution in [2.24, 2.45) is 0 Å². The minimum Gasteiger partial charge on any atom is -0.381 e. The molecule has 2 aromatic rings. The second-order valence-electron chi connectivity index (χ2n) is 8.00. The Hall–Kier alpha value is -1.88. The van der Waals surface area contributed by atoms with E-state index in [1.165, 1.54) is 0 Å². The number of halogens is 2. The zero-order valence-electron chi connectivity index (χ0n) is 16.4. The smallest absolute Gasteiger partial charge is 0.236 e. The van der Waals surface area contributed by atoms with E-state index in [9.17, 15) is 9.59 Å². The van der Waals surface area contributed by atoms with E-state index >= 15 is 0 Å². The molecule has 1 amide bonds. The van der Waals surface area contributed by atoms with Crippen molar-refractivity contribution in [2.45, 2.75) is 50.2 Å². The van der Waals surface area contributed by atoms with Gasteiger partial charge in [0.2, 0.25) is 5.91 Å². The normalized spacial score (nSPS) is 26.8. The molecule has 29 heavy (non-hydrogen) atoms. The van der Waals surface area contributed by atoms with E-state index in [-0.39, 0.29) is 17.8 Å². The maximum atomic E-state index is 13.4. The summed E-state index contributed by atoms with van der Waals surface area (Å²) in [6.45, 7) is 1.90. The van der Waals surface area contributed by atoms with Crippen molar-refractivity contribution in [3.63, 3.8) is 0 Å². The molecule has 6 heteroatoms. The Morgan fingerprint density at radius 2 is 1.69 bits per heavy atom. The van der Waals surface area contributed by atoms with Gasteiger partial charge in [-0.1, -0.05) is 41.4 Å². The molecule has 1 aliphatic carbocycles. The first-order chi connectivity index (χ1) is 13.8. The molecule has 0 radical (unpaired) electrons. The average molecular weight is 432 g/mol. The van der Waals surface area contributed by atoms with Gasteiger partial charge in [-0.15, -0.1) is 0 Å². The van der Waals surface area contributed by atoms with Crippen molar-refractivity contribution in [3.8, 4) is 11.1 Å². The van der Waals surface area contributed by atoms with Gasteiger partial charge in [-0.05, 0) is 73.1 Å². The number of Topliss-reactive ketones (excluding diaryl/α,β-unsaturated/α-hetero) is 1. The van der Waals surface area contributed by atoms with Crippen molar-refractivity contribution in [1.29, 1.82) is 0 Å². The molecule has 152 valence electrons. The fraction of sp³-hybridized carbons (Fsp3) is 0.391. The Bertz CT molecular complexity index is 940. The fourth-order valence-electron chi connectivity index (χ4n) is 4.65. The van der Waals surface area contributed by atoms with Crippen molar-refractivity contribution in [2.75, 3.05) is 7.11 Å². The van der Waals surface area contributed by atoms with Crippen LogP contribution in [0.1, 0.15) is 42.7 Å². The second-order valence-corrected chi connectivity index (χ2v) is 8.84. The number of methoxy groups -OCH3 is 1. The van der Waals surface area contributed by atoms with Gasteiger partial charge in [0.15, 0.2) is 5.78 Å². The van der Waals surface area contributed by atoms with E-state index in [4.69, 9.17) is 27.9 Å². The molecule has 1 N–H and O–H groups in total. The quantitative estimate of drug-likeness (QED) is 0.689. The highest BCUT2D eigenvalue weighted by atomic mass is 35.5. The molecule has 1 spiro atoms. The lowest BCUT2D eigenvalue weighted by atomic mass is 9.75. The number of ketones is 1. The molecule has 1 aliphatic heterocycles. The van der Waals surface area contributed by atoms with Crippen LogP contribution in [-0.4, -0.2) is 30.4 Å². The summed E-state index contributed by atoms with van der Waals surface area (Å²) in [7, 11) is 1.69. The molecule has 2 fully saturated rings. The Morgan fingerprint density at radius 3 is 2.28 bits per heavy atom. The van der Waals surface area contributed by atoms with Crippen LogP contribution in [0.3, 0.4) is 0 Å². The molecule has 4 rings (SSSR count). The fourth-order valence-corrected chi connectivity index (χ4v) is 5.15. The van der Waals surface area contributed by atoms with Crippen LogP contribution >= 0.6 is 23.2 Å². The van der Waals surface area contributed by atoms with Crippen molar-refractivity contribution in [1.82, 2.24) is 5.32 Å². The zero-order valence-corrected chi connectivity index (χ0v) is 17.9. The molecule has 1 heterocycles. The monoisotopic (exact) mass is 431 g/mol. The van der Waals surface area contributed by atoms with Crippen molar-refractivity contribution >= 4 is 34.9 Å². The first-order valence-corrected chi connectivity index (χ1v) is 10.6. The van der Waals surface area contributed by atoms with Crippen LogP contribution in [-0.2, 0) is 14.3 Å². The third-order valence-electron chi connectivity index (χ3n) is 6.28. The molecule has 0 bridgehead atoms. The third kappa shape index (κ3) is 3.58. The number of carbonyl (C=O) groups excluding carboxylic acids is 2. The van der Waals surface area contributed by atoms with E-state index in [1.54, 1.807) is 7.11 Å². The second kappa shape index (κ2) is 7.75. The summed E-state index contributed by atoms with van der Waals surface area (Å²) in [6.07, 6.45) is 2.88. The molecule has 2 aliphatic rings. The third-order valence-corrected chi connectivity index (χ3v) is 6.85. The maximum Gasteiger partial charge on any atom is 0.236 e. The maximum absolute atomic E-state index is 13.4. The number of ether oxygens (including phenoxy) is 1. The van der Waals surface area contributed by atoms with Crippen LogP contribution in [0.15, 0.2) is 36.4 Å². The van der Waals surface area contributed by atoms with E-state index in [0.717, 1.165) is 29.5 Å². The topological polar surface area (TPSA) is 55.4 Å². The number of rotatable bonds is 3. The molecular weight excluding hydrogens is 409 g/mol. The standard InChI is InChI=1S/C23H23Cl2NO3/c1-13-11-15(14-3-5-16(24)6-4-14)12-18(25)19(13)20-21(27)23(26-22(20)28)9-7-17(29-2)8-10-23/h3-6,11-12,17,20H,7-10H2,1-2H3,(H,26,28). The van der Waals surface area contributed by atoms with E-state index in [0.29, 0.717) is 28.5 Å². The number of hydrogen-bond acceptors (Lipinski definition) is 3. The van der Waals surface area contributed by atoms with Crippen LogP contribution in [0.4, 0.5) is 0 Å². The Balaban J connectivity index is 1.67. The minimum absolute atomic E-state index is 0.0682.